The number of benzene rings is 1. The molecule has 0 saturated carbocycles. The molecule has 0 radical (unpaired) electrons. The molecule has 0 saturated heterocycles. The van der Waals surface area contributed by atoms with Crippen LogP contribution in [0.3, 0.4) is 0 Å². The SMILES string of the molecule is CCCn1c(CC)nc(-c2ccc(C)c(C)c2)c1N. The lowest BCUT2D eigenvalue weighted by molar-refractivity contribution is 0.650. The number of imidazole rings is 1. The molecule has 2 rings (SSSR count). The van der Waals surface area contributed by atoms with Crippen LogP contribution >= 0.6 is 0 Å². The van der Waals surface area contributed by atoms with E-state index in [0.29, 0.717) is 0 Å². The average molecular weight is 257 g/mol. The van der Waals surface area contributed by atoms with Crippen molar-refractivity contribution < 1.29 is 0 Å². The van der Waals surface area contributed by atoms with Crippen LogP contribution in [-0.2, 0) is 13.0 Å². The number of hydrogen-bond acceptors (Lipinski definition) is 2. The summed E-state index contributed by atoms with van der Waals surface area (Å²) in [5.41, 5.74) is 10.9. The molecule has 1 aromatic heterocycles. The molecule has 2 N–H and O–H groups in total. The van der Waals surface area contributed by atoms with Gasteiger partial charge in [-0.3, -0.25) is 0 Å². The summed E-state index contributed by atoms with van der Waals surface area (Å²) in [6, 6.07) is 6.41. The lowest BCUT2D eigenvalue weighted by atomic mass is 10.0. The maximum atomic E-state index is 6.29. The van der Waals surface area contributed by atoms with Crippen LogP contribution in [0, 0.1) is 13.8 Å². The Morgan fingerprint density at radius 2 is 1.89 bits per heavy atom. The molecular formula is C16H23N3. The maximum Gasteiger partial charge on any atom is 0.131 e. The van der Waals surface area contributed by atoms with Crippen molar-refractivity contribution >= 4 is 5.82 Å². The Morgan fingerprint density at radius 1 is 1.16 bits per heavy atom. The van der Waals surface area contributed by atoms with E-state index in [1.54, 1.807) is 0 Å². The number of aromatic nitrogens is 2. The predicted molar refractivity (Wildman–Crippen MR) is 81.2 cm³/mol. The molecule has 3 nitrogen and oxygen atoms in total. The first-order valence-electron chi connectivity index (χ1n) is 7.01. The van der Waals surface area contributed by atoms with E-state index >= 15 is 0 Å². The van der Waals surface area contributed by atoms with Gasteiger partial charge in [-0.2, -0.15) is 0 Å². The van der Waals surface area contributed by atoms with E-state index < -0.39 is 0 Å². The molecule has 1 aromatic carbocycles. The fourth-order valence-electron chi connectivity index (χ4n) is 2.36. The van der Waals surface area contributed by atoms with Gasteiger partial charge < -0.3 is 10.3 Å². The molecule has 3 heteroatoms. The minimum Gasteiger partial charge on any atom is -0.383 e. The zero-order valence-electron chi connectivity index (χ0n) is 12.3. The maximum absolute atomic E-state index is 6.29. The van der Waals surface area contributed by atoms with E-state index in [9.17, 15) is 0 Å². The van der Waals surface area contributed by atoms with Crippen molar-refractivity contribution in [1.29, 1.82) is 0 Å². The second kappa shape index (κ2) is 5.47. The molecule has 0 atom stereocenters. The normalized spacial score (nSPS) is 10.9. The highest BCUT2D eigenvalue weighted by Gasteiger charge is 2.14. The number of aryl methyl sites for hydroxylation is 3. The molecule has 0 unspecified atom stereocenters. The van der Waals surface area contributed by atoms with Crippen LogP contribution in [-0.4, -0.2) is 9.55 Å². The fourth-order valence-corrected chi connectivity index (χ4v) is 2.36. The van der Waals surface area contributed by atoms with Gasteiger partial charge in [-0.05, 0) is 37.5 Å². The monoisotopic (exact) mass is 257 g/mol. The van der Waals surface area contributed by atoms with Gasteiger partial charge in [-0.25, -0.2) is 4.98 Å². The van der Waals surface area contributed by atoms with Gasteiger partial charge in [0.05, 0.1) is 0 Å². The van der Waals surface area contributed by atoms with Crippen LogP contribution in [0.4, 0.5) is 5.82 Å². The summed E-state index contributed by atoms with van der Waals surface area (Å²) >= 11 is 0. The molecule has 19 heavy (non-hydrogen) atoms. The highest BCUT2D eigenvalue weighted by atomic mass is 15.1. The van der Waals surface area contributed by atoms with E-state index in [0.717, 1.165) is 42.3 Å². The second-order valence-electron chi connectivity index (χ2n) is 5.07. The lowest BCUT2D eigenvalue weighted by Crippen LogP contribution is -2.06. The molecular weight excluding hydrogens is 234 g/mol. The van der Waals surface area contributed by atoms with Crippen molar-refractivity contribution in [2.24, 2.45) is 0 Å². The first kappa shape index (κ1) is 13.7. The minimum atomic E-state index is 0.793. The standard InChI is InChI=1S/C16H23N3/c1-5-9-19-14(6-2)18-15(16(19)17)13-8-7-11(3)12(4)10-13/h7-8,10H,5-6,9,17H2,1-4H3. The topological polar surface area (TPSA) is 43.8 Å². The van der Waals surface area contributed by atoms with Crippen molar-refractivity contribution in [1.82, 2.24) is 9.55 Å². The Bertz CT molecular complexity index is 582. The van der Waals surface area contributed by atoms with Gasteiger partial charge in [-0.1, -0.05) is 26.0 Å². The minimum absolute atomic E-state index is 0.793. The number of nitrogens with zero attached hydrogens (tertiary/aromatic N) is 2. The first-order valence-corrected chi connectivity index (χ1v) is 7.01. The molecule has 0 spiro atoms. The summed E-state index contributed by atoms with van der Waals surface area (Å²) in [4.78, 5) is 4.73. The van der Waals surface area contributed by atoms with Gasteiger partial charge >= 0.3 is 0 Å². The largest absolute Gasteiger partial charge is 0.383 e. The Morgan fingerprint density at radius 3 is 2.47 bits per heavy atom. The smallest absolute Gasteiger partial charge is 0.131 e. The summed E-state index contributed by atoms with van der Waals surface area (Å²) in [5, 5.41) is 0. The Hall–Kier alpha value is -1.77. The van der Waals surface area contributed by atoms with Gasteiger partial charge in [0, 0.05) is 18.5 Å². The van der Waals surface area contributed by atoms with Crippen LogP contribution in [0.2, 0.25) is 0 Å². The molecule has 0 amide bonds. The second-order valence-corrected chi connectivity index (χ2v) is 5.07. The lowest BCUT2D eigenvalue weighted by Gasteiger charge is -2.07. The van der Waals surface area contributed by atoms with E-state index in [1.165, 1.54) is 11.1 Å². The van der Waals surface area contributed by atoms with Crippen LogP contribution < -0.4 is 5.73 Å². The highest BCUT2D eigenvalue weighted by molar-refractivity contribution is 5.72. The van der Waals surface area contributed by atoms with Gasteiger partial charge in [0.1, 0.15) is 17.3 Å². The summed E-state index contributed by atoms with van der Waals surface area (Å²) in [5.74, 6) is 1.87. The number of hydrogen-bond donors (Lipinski definition) is 1. The zero-order chi connectivity index (χ0) is 14.0. The molecule has 0 aliphatic rings. The van der Waals surface area contributed by atoms with Crippen molar-refractivity contribution in [3.63, 3.8) is 0 Å². The number of rotatable bonds is 4. The van der Waals surface area contributed by atoms with Crippen LogP contribution in [0.1, 0.15) is 37.2 Å². The first-order chi connectivity index (χ1) is 9.08. The quantitative estimate of drug-likeness (QED) is 0.907. The summed E-state index contributed by atoms with van der Waals surface area (Å²) in [6.45, 7) is 9.47. The highest BCUT2D eigenvalue weighted by Crippen LogP contribution is 2.28. The van der Waals surface area contributed by atoms with E-state index in [1.807, 2.05) is 0 Å². The summed E-state index contributed by atoms with van der Waals surface area (Å²) in [6.07, 6.45) is 1.98. The molecule has 0 aliphatic carbocycles. The van der Waals surface area contributed by atoms with E-state index in [-0.39, 0.29) is 0 Å². The van der Waals surface area contributed by atoms with Crippen LogP contribution in [0.5, 0.6) is 0 Å². The molecule has 0 aliphatic heterocycles. The van der Waals surface area contributed by atoms with Crippen LogP contribution in [0.15, 0.2) is 18.2 Å². The van der Waals surface area contributed by atoms with Gasteiger partial charge in [0.15, 0.2) is 0 Å². The Kier molecular flexibility index (Phi) is 3.93. The molecule has 0 fully saturated rings. The van der Waals surface area contributed by atoms with Gasteiger partial charge in [0.2, 0.25) is 0 Å². The third-order valence-corrected chi connectivity index (χ3v) is 3.63. The third-order valence-electron chi connectivity index (χ3n) is 3.63. The van der Waals surface area contributed by atoms with Crippen molar-refractivity contribution in [2.75, 3.05) is 5.73 Å². The molecule has 102 valence electrons. The molecule has 1 heterocycles. The zero-order valence-corrected chi connectivity index (χ0v) is 12.3. The van der Waals surface area contributed by atoms with Crippen LogP contribution in [0.25, 0.3) is 11.3 Å². The van der Waals surface area contributed by atoms with E-state index in [2.05, 4.69) is 50.5 Å². The fraction of sp³-hybridized carbons (Fsp3) is 0.438. The van der Waals surface area contributed by atoms with Crippen molar-refractivity contribution in [3.8, 4) is 11.3 Å². The molecule has 0 bridgehead atoms. The van der Waals surface area contributed by atoms with Gasteiger partial charge in [-0.15, -0.1) is 0 Å². The predicted octanol–water partition coefficient (Wildman–Crippen LogP) is 3.72. The van der Waals surface area contributed by atoms with Crippen molar-refractivity contribution in [3.05, 3.63) is 35.2 Å². The summed E-state index contributed by atoms with van der Waals surface area (Å²) in [7, 11) is 0. The molecule has 2 aromatic rings. The average Bonchev–Trinajstić information content (AvgIpc) is 2.71. The number of nitrogens with two attached hydrogens (primary N) is 1. The number of nitrogen functional groups attached to an aromatic ring is 1. The number of anilines is 1. The van der Waals surface area contributed by atoms with Gasteiger partial charge in [0.25, 0.3) is 0 Å². The Balaban J connectivity index is 2.52. The Labute approximate surface area is 115 Å². The summed E-state index contributed by atoms with van der Waals surface area (Å²) < 4.78 is 2.14. The third kappa shape index (κ3) is 2.50. The van der Waals surface area contributed by atoms with E-state index in [4.69, 9.17) is 10.7 Å². The van der Waals surface area contributed by atoms with Crippen molar-refractivity contribution in [2.45, 2.75) is 47.1 Å².